The van der Waals surface area contributed by atoms with Gasteiger partial charge in [0, 0.05) is 10.7 Å². The minimum atomic E-state index is -3.35. The molecule has 0 aromatic rings. The molecule has 0 aliphatic heterocycles. The molecule has 0 radical (unpaired) electrons. The topological polar surface area (TPSA) is 54.4 Å². The van der Waals surface area contributed by atoms with Crippen LogP contribution in [0.1, 0.15) is 12.8 Å². The van der Waals surface area contributed by atoms with Crippen LogP contribution in [0.5, 0.6) is 0 Å². The molecular weight excluding hydrogens is 176 g/mol. The van der Waals surface area contributed by atoms with Crippen LogP contribution in [0.4, 0.5) is 0 Å². The SMILES string of the molecule is O=S(=O)(Cl)CC1CC(O)C1. The third kappa shape index (κ3) is 2.44. The van der Waals surface area contributed by atoms with Crippen molar-refractivity contribution in [1.82, 2.24) is 0 Å². The van der Waals surface area contributed by atoms with Crippen LogP contribution in [0.3, 0.4) is 0 Å². The van der Waals surface area contributed by atoms with Crippen LogP contribution < -0.4 is 0 Å². The smallest absolute Gasteiger partial charge is 0.232 e. The van der Waals surface area contributed by atoms with Crippen LogP contribution in [0.25, 0.3) is 0 Å². The molecule has 0 spiro atoms. The Morgan fingerprint density at radius 3 is 2.30 bits per heavy atom. The zero-order chi connectivity index (χ0) is 7.78. The van der Waals surface area contributed by atoms with Crippen molar-refractivity contribution in [3.63, 3.8) is 0 Å². The van der Waals surface area contributed by atoms with E-state index in [0.717, 1.165) is 0 Å². The maximum atomic E-state index is 10.4. The molecule has 0 aromatic carbocycles. The second-order valence-electron chi connectivity index (χ2n) is 2.70. The number of rotatable bonds is 2. The lowest BCUT2D eigenvalue weighted by Crippen LogP contribution is -2.32. The van der Waals surface area contributed by atoms with Gasteiger partial charge in [0.25, 0.3) is 0 Å². The molecule has 0 heterocycles. The summed E-state index contributed by atoms with van der Waals surface area (Å²) in [5.41, 5.74) is 0. The summed E-state index contributed by atoms with van der Waals surface area (Å²) < 4.78 is 20.8. The van der Waals surface area contributed by atoms with E-state index in [9.17, 15) is 8.42 Å². The first-order valence-electron chi connectivity index (χ1n) is 3.08. The highest BCUT2D eigenvalue weighted by Gasteiger charge is 2.30. The zero-order valence-electron chi connectivity index (χ0n) is 5.33. The highest BCUT2D eigenvalue weighted by Crippen LogP contribution is 2.28. The lowest BCUT2D eigenvalue weighted by Gasteiger charge is -2.29. The van der Waals surface area contributed by atoms with Gasteiger partial charge >= 0.3 is 0 Å². The lowest BCUT2D eigenvalue weighted by atomic mass is 9.84. The number of hydrogen-bond acceptors (Lipinski definition) is 3. The van der Waals surface area contributed by atoms with Crippen molar-refractivity contribution in [1.29, 1.82) is 0 Å². The van der Waals surface area contributed by atoms with Gasteiger partial charge in [0.15, 0.2) is 0 Å². The molecule has 5 heteroatoms. The van der Waals surface area contributed by atoms with Crippen molar-refractivity contribution < 1.29 is 13.5 Å². The molecule has 1 aliphatic carbocycles. The predicted molar refractivity (Wildman–Crippen MR) is 38.4 cm³/mol. The summed E-state index contributed by atoms with van der Waals surface area (Å²) in [6.07, 6.45) is 0.848. The molecule has 0 unspecified atom stereocenters. The number of hydrogen-bond donors (Lipinski definition) is 1. The van der Waals surface area contributed by atoms with Gasteiger partial charge in [-0.05, 0) is 18.8 Å². The average molecular weight is 185 g/mol. The molecule has 0 bridgehead atoms. The Morgan fingerprint density at radius 1 is 1.50 bits per heavy atom. The Kier molecular flexibility index (Phi) is 2.22. The van der Waals surface area contributed by atoms with Gasteiger partial charge in [-0.2, -0.15) is 0 Å². The van der Waals surface area contributed by atoms with E-state index in [-0.39, 0.29) is 17.8 Å². The minimum Gasteiger partial charge on any atom is -0.393 e. The van der Waals surface area contributed by atoms with Crippen molar-refractivity contribution in [2.75, 3.05) is 5.75 Å². The monoisotopic (exact) mass is 184 g/mol. The van der Waals surface area contributed by atoms with E-state index < -0.39 is 9.05 Å². The van der Waals surface area contributed by atoms with Gasteiger partial charge in [-0.1, -0.05) is 0 Å². The van der Waals surface area contributed by atoms with Gasteiger partial charge < -0.3 is 5.11 Å². The molecule has 1 saturated carbocycles. The Balaban J connectivity index is 2.30. The molecule has 3 nitrogen and oxygen atoms in total. The van der Waals surface area contributed by atoms with Gasteiger partial charge in [-0.25, -0.2) is 8.42 Å². The van der Waals surface area contributed by atoms with Crippen molar-refractivity contribution in [3.05, 3.63) is 0 Å². The second-order valence-corrected chi connectivity index (χ2v) is 5.52. The summed E-state index contributed by atoms with van der Waals surface area (Å²) in [6, 6.07) is 0. The van der Waals surface area contributed by atoms with Gasteiger partial charge in [-0.3, -0.25) is 0 Å². The third-order valence-electron chi connectivity index (χ3n) is 1.65. The molecule has 0 atom stereocenters. The van der Waals surface area contributed by atoms with Crippen molar-refractivity contribution in [2.45, 2.75) is 18.9 Å². The predicted octanol–water partition coefficient (Wildman–Crippen LogP) is 0.326. The van der Waals surface area contributed by atoms with E-state index in [1.54, 1.807) is 0 Å². The molecule has 1 aliphatic rings. The summed E-state index contributed by atoms with van der Waals surface area (Å²) in [4.78, 5) is 0. The fraction of sp³-hybridized carbons (Fsp3) is 1.00. The third-order valence-corrected chi connectivity index (χ3v) is 2.89. The summed E-state index contributed by atoms with van der Waals surface area (Å²) in [5.74, 6) is 0.0866. The number of aliphatic hydroxyl groups is 1. The first kappa shape index (κ1) is 8.30. The number of halogens is 1. The summed E-state index contributed by atoms with van der Waals surface area (Å²) in [5, 5.41) is 8.78. The molecule has 1 N–H and O–H groups in total. The van der Waals surface area contributed by atoms with Gasteiger partial charge in [0.2, 0.25) is 9.05 Å². The van der Waals surface area contributed by atoms with Crippen LogP contribution in [-0.4, -0.2) is 25.4 Å². The molecule has 60 valence electrons. The quantitative estimate of drug-likeness (QED) is 0.630. The van der Waals surface area contributed by atoms with Crippen molar-refractivity contribution in [2.24, 2.45) is 5.92 Å². The second kappa shape index (κ2) is 2.68. The van der Waals surface area contributed by atoms with Gasteiger partial charge in [0.05, 0.1) is 11.9 Å². The summed E-state index contributed by atoms with van der Waals surface area (Å²) >= 11 is 0. The van der Waals surface area contributed by atoms with Crippen LogP contribution in [0, 0.1) is 5.92 Å². The molecular formula is C5H9ClO3S. The van der Waals surface area contributed by atoms with Gasteiger partial charge in [-0.15, -0.1) is 0 Å². The summed E-state index contributed by atoms with van der Waals surface area (Å²) in [7, 11) is 1.63. The van der Waals surface area contributed by atoms with E-state index in [1.807, 2.05) is 0 Å². The Hall–Kier alpha value is 0.200. The highest BCUT2D eigenvalue weighted by molar-refractivity contribution is 8.13. The van der Waals surface area contributed by atoms with E-state index >= 15 is 0 Å². The number of aliphatic hydroxyl groups excluding tert-OH is 1. The average Bonchev–Trinajstić information content (AvgIpc) is 1.57. The molecule has 1 rings (SSSR count). The minimum absolute atomic E-state index is 0.00557. The fourth-order valence-electron chi connectivity index (χ4n) is 1.12. The Bertz CT molecular complexity index is 205. The van der Waals surface area contributed by atoms with Gasteiger partial charge in [0.1, 0.15) is 0 Å². The van der Waals surface area contributed by atoms with E-state index in [4.69, 9.17) is 15.8 Å². The molecule has 10 heavy (non-hydrogen) atoms. The zero-order valence-corrected chi connectivity index (χ0v) is 6.90. The normalized spacial score (nSPS) is 33.4. The first-order chi connectivity index (χ1) is 4.47. The standard InChI is InChI=1S/C5H9ClO3S/c6-10(8,9)3-4-1-5(7)2-4/h4-5,7H,1-3H2. The van der Waals surface area contributed by atoms with Crippen LogP contribution in [0.15, 0.2) is 0 Å². The van der Waals surface area contributed by atoms with E-state index in [0.29, 0.717) is 12.8 Å². The summed E-state index contributed by atoms with van der Waals surface area (Å²) in [6.45, 7) is 0. The maximum Gasteiger partial charge on any atom is 0.232 e. The van der Waals surface area contributed by atoms with Crippen LogP contribution in [-0.2, 0) is 9.05 Å². The molecule has 1 fully saturated rings. The first-order valence-corrected chi connectivity index (χ1v) is 5.55. The van der Waals surface area contributed by atoms with Crippen molar-refractivity contribution in [3.8, 4) is 0 Å². The van der Waals surface area contributed by atoms with Crippen LogP contribution in [0.2, 0.25) is 0 Å². The molecule has 0 saturated heterocycles. The van der Waals surface area contributed by atoms with Crippen molar-refractivity contribution >= 4 is 19.7 Å². The maximum absolute atomic E-state index is 10.4. The van der Waals surface area contributed by atoms with Crippen LogP contribution >= 0.6 is 10.7 Å². The fourth-order valence-corrected chi connectivity index (χ4v) is 2.49. The largest absolute Gasteiger partial charge is 0.393 e. The Labute approximate surface area is 64.4 Å². The molecule has 0 aromatic heterocycles. The lowest BCUT2D eigenvalue weighted by molar-refractivity contribution is 0.0527. The molecule has 0 amide bonds. The Morgan fingerprint density at radius 2 is 2.00 bits per heavy atom. The highest BCUT2D eigenvalue weighted by atomic mass is 35.7. The van der Waals surface area contributed by atoms with E-state index in [1.165, 1.54) is 0 Å². The van der Waals surface area contributed by atoms with E-state index in [2.05, 4.69) is 0 Å².